The quantitative estimate of drug-likeness (QED) is 0.374. The number of nitrogens with zero attached hydrogens (tertiary/aromatic N) is 4. The highest BCUT2D eigenvalue weighted by Gasteiger charge is 2.30. The molecule has 0 bridgehead atoms. The molecule has 3 aromatic rings. The van der Waals surface area contributed by atoms with E-state index < -0.39 is 17.6 Å². The van der Waals surface area contributed by atoms with Crippen LogP contribution in [0.25, 0.3) is 11.0 Å². The van der Waals surface area contributed by atoms with Gasteiger partial charge in [0.15, 0.2) is 10.8 Å². The van der Waals surface area contributed by atoms with Gasteiger partial charge in [0.05, 0.1) is 23.7 Å². The Kier molecular flexibility index (Phi) is 7.37. The Bertz CT molecular complexity index is 1050. The topological polar surface area (TPSA) is 84.7 Å². The molecule has 166 valence electrons. The molecule has 0 aliphatic carbocycles. The molecule has 0 radical (unpaired) electrons. The summed E-state index contributed by atoms with van der Waals surface area (Å²) < 4.78 is 40.2. The molecule has 0 saturated carbocycles. The molecule has 2 aromatic heterocycles. The first kappa shape index (κ1) is 22.9. The van der Waals surface area contributed by atoms with Crippen molar-refractivity contribution in [3.63, 3.8) is 0 Å². The summed E-state index contributed by atoms with van der Waals surface area (Å²) in [4.78, 5) is 21.4. The summed E-state index contributed by atoms with van der Waals surface area (Å²) in [5, 5.41) is 11.7. The number of nitrogens with one attached hydrogen (secondary N) is 2. The number of rotatable bonds is 9. The number of amides is 1. The van der Waals surface area contributed by atoms with Crippen molar-refractivity contribution in [3.8, 4) is 0 Å². The van der Waals surface area contributed by atoms with Crippen molar-refractivity contribution in [1.29, 1.82) is 0 Å². The van der Waals surface area contributed by atoms with Gasteiger partial charge in [-0.25, -0.2) is 14.6 Å². The Morgan fingerprint density at radius 2 is 2.00 bits per heavy atom. The van der Waals surface area contributed by atoms with Crippen LogP contribution in [0.5, 0.6) is 0 Å². The van der Waals surface area contributed by atoms with E-state index >= 15 is 0 Å². The molecular formula is C20H23F3N6OS. The van der Waals surface area contributed by atoms with E-state index in [0.717, 1.165) is 36.2 Å². The first-order valence-corrected chi connectivity index (χ1v) is 10.9. The van der Waals surface area contributed by atoms with Gasteiger partial charge < -0.3 is 10.6 Å². The molecular weight excluding hydrogens is 429 g/mol. The lowest BCUT2D eigenvalue weighted by Gasteiger charge is -2.10. The van der Waals surface area contributed by atoms with E-state index in [0.29, 0.717) is 23.2 Å². The first-order valence-electron chi connectivity index (χ1n) is 9.89. The third kappa shape index (κ3) is 5.66. The zero-order valence-electron chi connectivity index (χ0n) is 17.2. The average molecular weight is 453 g/mol. The molecule has 1 amide bonds. The number of hydrogen-bond donors (Lipinski definition) is 2. The predicted octanol–water partition coefficient (Wildman–Crippen LogP) is 4.21. The van der Waals surface area contributed by atoms with Crippen LogP contribution in [-0.4, -0.2) is 44.5 Å². The van der Waals surface area contributed by atoms with E-state index in [4.69, 9.17) is 0 Å². The van der Waals surface area contributed by atoms with Gasteiger partial charge in [0.1, 0.15) is 5.82 Å². The number of anilines is 1. The highest BCUT2D eigenvalue weighted by atomic mass is 32.2. The Hall–Kier alpha value is -2.82. The van der Waals surface area contributed by atoms with Crippen LogP contribution in [0.2, 0.25) is 0 Å². The third-order valence-electron chi connectivity index (χ3n) is 4.35. The van der Waals surface area contributed by atoms with Crippen molar-refractivity contribution in [2.24, 2.45) is 0 Å². The Balaban J connectivity index is 1.72. The zero-order chi connectivity index (χ0) is 22.4. The van der Waals surface area contributed by atoms with Crippen molar-refractivity contribution in [3.05, 3.63) is 41.6 Å². The SMILES string of the molecule is CCCNc1nc(SCC)nc2c1cnn2CCNC(=O)c1cccc(C(F)(F)F)c1. The molecule has 0 spiro atoms. The molecule has 2 heterocycles. The fourth-order valence-corrected chi connectivity index (χ4v) is 3.45. The smallest absolute Gasteiger partial charge is 0.369 e. The van der Waals surface area contributed by atoms with E-state index in [1.807, 2.05) is 6.92 Å². The summed E-state index contributed by atoms with van der Waals surface area (Å²) >= 11 is 1.51. The van der Waals surface area contributed by atoms with E-state index in [1.54, 1.807) is 10.9 Å². The van der Waals surface area contributed by atoms with Crippen molar-refractivity contribution >= 4 is 34.5 Å². The summed E-state index contributed by atoms with van der Waals surface area (Å²) in [7, 11) is 0. The van der Waals surface area contributed by atoms with Crippen LogP contribution in [0.4, 0.5) is 19.0 Å². The van der Waals surface area contributed by atoms with Gasteiger partial charge in [-0.3, -0.25) is 4.79 Å². The predicted molar refractivity (Wildman–Crippen MR) is 114 cm³/mol. The molecule has 11 heteroatoms. The fourth-order valence-electron chi connectivity index (χ4n) is 2.88. The average Bonchev–Trinajstić information content (AvgIpc) is 3.15. The number of halogens is 3. The standard InChI is InChI=1S/C20H23F3N6OS/c1-3-8-24-16-15-12-26-29(17(15)28-19(27-16)31-4-2)10-9-25-18(30)13-6-5-7-14(11-13)20(21,22)23/h5-7,11-12H,3-4,8-10H2,1-2H3,(H,25,30)(H,24,27,28). The molecule has 0 aliphatic rings. The normalized spacial score (nSPS) is 11.6. The number of carbonyl (C=O) groups is 1. The van der Waals surface area contributed by atoms with Crippen molar-refractivity contribution in [2.45, 2.75) is 38.1 Å². The maximum absolute atomic E-state index is 12.9. The van der Waals surface area contributed by atoms with E-state index in [9.17, 15) is 18.0 Å². The Morgan fingerprint density at radius 1 is 1.19 bits per heavy atom. The largest absolute Gasteiger partial charge is 0.416 e. The number of fused-ring (bicyclic) bond motifs is 1. The number of alkyl halides is 3. The molecule has 2 N–H and O–H groups in total. The minimum absolute atomic E-state index is 0.0462. The van der Waals surface area contributed by atoms with Crippen molar-refractivity contribution < 1.29 is 18.0 Å². The molecule has 0 saturated heterocycles. The van der Waals surface area contributed by atoms with E-state index in [-0.39, 0.29) is 12.1 Å². The van der Waals surface area contributed by atoms with Gasteiger partial charge in [-0.1, -0.05) is 31.7 Å². The van der Waals surface area contributed by atoms with E-state index in [2.05, 4.69) is 32.6 Å². The van der Waals surface area contributed by atoms with Crippen molar-refractivity contribution in [2.75, 3.05) is 24.2 Å². The number of carbonyl (C=O) groups excluding carboxylic acids is 1. The lowest BCUT2D eigenvalue weighted by atomic mass is 10.1. The molecule has 7 nitrogen and oxygen atoms in total. The maximum Gasteiger partial charge on any atom is 0.416 e. The summed E-state index contributed by atoms with van der Waals surface area (Å²) in [6, 6.07) is 4.34. The summed E-state index contributed by atoms with van der Waals surface area (Å²) in [6.07, 6.45) is -1.89. The Labute approximate surface area is 181 Å². The fraction of sp³-hybridized carbons (Fsp3) is 0.400. The second-order valence-corrected chi connectivity index (χ2v) is 7.89. The van der Waals surface area contributed by atoms with Gasteiger partial charge in [-0.2, -0.15) is 18.3 Å². The van der Waals surface area contributed by atoms with Crippen LogP contribution in [0.1, 0.15) is 36.2 Å². The van der Waals surface area contributed by atoms with Gasteiger partial charge in [0, 0.05) is 18.7 Å². The van der Waals surface area contributed by atoms with Gasteiger partial charge in [0.25, 0.3) is 5.91 Å². The highest BCUT2D eigenvalue weighted by Crippen LogP contribution is 2.29. The molecule has 0 atom stereocenters. The third-order valence-corrected chi connectivity index (χ3v) is 5.08. The molecule has 3 rings (SSSR count). The summed E-state index contributed by atoms with van der Waals surface area (Å²) in [5.41, 5.74) is -0.268. The van der Waals surface area contributed by atoms with Crippen LogP contribution in [0.3, 0.4) is 0 Å². The lowest BCUT2D eigenvalue weighted by molar-refractivity contribution is -0.137. The second kappa shape index (κ2) is 9.99. The van der Waals surface area contributed by atoms with Gasteiger partial charge in [-0.05, 0) is 30.4 Å². The van der Waals surface area contributed by atoms with Gasteiger partial charge in [0.2, 0.25) is 0 Å². The summed E-state index contributed by atoms with van der Waals surface area (Å²) in [6.45, 7) is 5.33. The molecule has 31 heavy (non-hydrogen) atoms. The van der Waals surface area contributed by atoms with Gasteiger partial charge in [-0.15, -0.1) is 0 Å². The summed E-state index contributed by atoms with van der Waals surface area (Å²) in [5.74, 6) is 0.951. The van der Waals surface area contributed by atoms with Gasteiger partial charge >= 0.3 is 6.18 Å². The van der Waals surface area contributed by atoms with E-state index in [1.165, 1.54) is 23.9 Å². The number of hydrogen-bond acceptors (Lipinski definition) is 6. The van der Waals surface area contributed by atoms with Crippen LogP contribution >= 0.6 is 11.8 Å². The number of thioether (sulfide) groups is 1. The molecule has 0 unspecified atom stereocenters. The second-order valence-electron chi connectivity index (χ2n) is 6.65. The maximum atomic E-state index is 12.9. The molecule has 0 aliphatic heterocycles. The molecule has 1 aromatic carbocycles. The minimum atomic E-state index is -4.50. The zero-order valence-corrected chi connectivity index (χ0v) is 18.0. The first-order chi connectivity index (χ1) is 14.8. The van der Waals surface area contributed by atoms with Crippen molar-refractivity contribution in [1.82, 2.24) is 25.1 Å². The Morgan fingerprint density at radius 3 is 2.71 bits per heavy atom. The minimum Gasteiger partial charge on any atom is -0.369 e. The number of aromatic nitrogens is 4. The van der Waals surface area contributed by atoms with Crippen LogP contribution in [0, 0.1) is 0 Å². The molecule has 0 fully saturated rings. The van der Waals surface area contributed by atoms with Crippen LogP contribution in [0.15, 0.2) is 35.6 Å². The highest BCUT2D eigenvalue weighted by molar-refractivity contribution is 7.99. The monoisotopic (exact) mass is 452 g/mol. The van der Waals surface area contributed by atoms with Crippen LogP contribution < -0.4 is 10.6 Å². The lowest BCUT2D eigenvalue weighted by Crippen LogP contribution is -2.27. The number of benzene rings is 1. The van der Waals surface area contributed by atoms with Crippen LogP contribution in [-0.2, 0) is 12.7 Å².